The third-order valence-electron chi connectivity index (χ3n) is 3.27. The van der Waals surface area contributed by atoms with Gasteiger partial charge in [-0.05, 0) is 56.7 Å². The van der Waals surface area contributed by atoms with Gasteiger partial charge in [0.15, 0.2) is 0 Å². The maximum absolute atomic E-state index is 6.10. The van der Waals surface area contributed by atoms with Crippen LogP contribution in [0.15, 0.2) is 12.1 Å². The summed E-state index contributed by atoms with van der Waals surface area (Å²) in [6.45, 7) is 10.6. The summed E-state index contributed by atoms with van der Waals surface area (Å²) in [6, 6.07) is 4.61. The Bertz CT molecular complexity index is 358. The first-order valence-electron chi connectivity index (χ1n) is 7.00. The van der Waals surface area contributed by atoms with E-state index in [1.807, 2.05) is 6.92 Å². The number of hydrogen-bond acceptors (Lipinski definition) is 2. The zero-order valence-corrected chi connectivity index (χ0v) is 12.4. The van der Waals surface area contributed by atoms with Crippen molar-refractivity contribution >= 4 is 0 Å². The van der Waals surface area contributed by atoms with Gasteiger partial charge in [-0.1, -0.05) is 26.0 Å². The zero-order chi connectivity index (χ0) is 13.7. The van der Waals surface area contributed by atoms with Crippen LogP contribution in [-0.2, 0) is 6.42 Å². The highest BCUT2D eigenvalue weighted by Crippen LogP contribution is 2.27. The maximum Gasteiger partial charge on any atom is 0.125 e. The summed E-state index contributed by atoms with van der Waals surface area (Å²) in [5, 5.41) is 0. The Morgan fingerprint density at radius 2 is 1.61 bits per heavy atom. The maximum atomic E-state index is 6.10. The minimum Gasteiger partial charge on any atom is -0.490 e. The average Bonchev–Trinajstić information content (AvgIpc) is 2.27. The van der Waals surface area contributed by atoms with E-state index in [9.17, 15) is 0 Å². The lowest BCUT2D eigenvalue weighted by Crippen LogP contribution is -2.18. The van der Waals surface area contributed by atoms with Crippen molar-refractivity contribution < 1.29 is 4.74 Å². The van der Waals surface area contributed by atoms with E-state index in [4.69, 9.17) is 10.5 Å². The summed E-state index contributed by atoms with van der Waals surface area (Å²) < 4.78 is 6.10. The largest absolute Gasteiger partial charge is 0.490 e. The molecule has 0 radical (unpaired) electrons. The molecule has 2 N–H and O–H groups in total. The number of rotatable bonds is 6. The third kappa shape index (κ3) is 4.02. The summed E-state index contributed by atoms with van der Waals surface area (Å²) in [7, 11) is 0. The molecule has 0 heterocycles. The van der Waals surface area contributed by atoms with Crippen LogP contribution in [0.5, 0.6) is 5.75 Å². The molecular weight excluding hydrogens is 222 g/mol. The van der Waals surface area contributed by atoms with Crippen LogP contribution in [-0.4, -0.2) is 12.1 Å². The molecule has 0 aliphatic rings. The molecule has 2 nitrogen and oxygen atoms in total. The minimum absolute atomic E-state index is 0.203. The predicted molar refractivity (Wildman–Crippen MR) is 78.3 cm³/mol. The minimum atomic E-state index is 0.203. The molecule has 2 heteroatoms. The summed E-state index contributed by atoms with van der Waals surface area (Å²) in [4.78, 5) is 0. The van der Waals surface area contributed by atoms with Crippen LogP contribution in [0.2, 0.25) is 0 Å². The van der Waals surface area contributed by atoms with E-state index in [0.717, 1.165) is 25.0 Å². The topological polar surface area (TPSA) is 35.2 Å². The Labute approximate surface area is 112 Å². The van der Waals surface area contributed by atoms with Gasteiger partial charge < -0.3 is 10.5 Å². The molecule has 18 heavy (non-hydrogen) atoms. The molecule has 0 saturated carbocycles. The molecule has 1 aromatic rings. The Hall–Kier alpha value is -1.02. The van der Waals surface area contributed by atoms with Crippen molar-refractivity contribution in [2.24, 2.45) is 5.73 Å². The van der Waals surface area contributed by atoms with Crippen molar-refractivity contribution in [3.05, 3.63) is 28.8 Å². The van der Waals surface area contributed by atoms with Gasteiger partial charge in [0.1, 0.15) is 5.75 Å². The van der Waals surface area contributed by atoms with Crippen molar-refractivity contribution in [3.8, 4) is 5.75 Å². The van der Waals surface area contributed by atoms with Gasteiger partial charge in [-0.25, -0.2) is 0 Å². The highest BCUT2D eigenvalue weighted by molar-refractivity contribution is 5.43. The Morgan fingerprint density at radius 1 is 1.11 bits per heavy atom. The monoisotopic (exact) mass is 249 g/mol. The Morgan fingerprint density at radius 3 is 2.00 bits per heavy atom. The molecule has 102 valence electrons. The number of hydrogen-bond donors (Lipinski definition) is 1. The fourth-order valence-corrected chi connectivity index (χ4v) is 2.34. The fraction of sp³-hybridized carbons (Fsp3) is 0.625. The number of benzene rings is 1. The predicted octanol–water partition coefficient (Wildman–Crippen LogP) is 3.76. The summed E-state index contributed by atoms with van der Waals surface area (Å²) in [6.07, 6.45) is 3.35. The van der Waals surface area contributed by atoms with Crippen LogP contribution < -0.4 is 10.5 Å². The molecule has 0 spiro atoms. The lowest BCUT2D eigenvalue weighted by atomic mass is 10.0. The molecule has 0 bridgehead atoms. The van der Waals surface area contributed by atoms with Gasteiger partial charge in [0.25, 0.3) is 0 Å². The Balaban J connectivity index is 2.93. The first kappa shape index (κ1) is 15.0. The van der Waals surface area contributed by atoms with Crippen LogP contribution in [0.1, 0.15) is 50.3 Å². The van der Waals surface area contributed by atoms with Gasteiger partial charge in [-0.2, -0.15) is 0 Å². The molecule has 1 atom stereocenters. The Kier molecular flexibility index (Phi) is 5.67. The van der Waals surface area contributed by atoms with Crippen LogP contribution in [0.25, 0.3) is 0 Å². The molecule has 1 aromatic carbocycles. The summed E-state index contributed by atoms with van der Waals surface area (Å²) >= 11 is 0. The van der Waals surface area contributed by atoms with E-state index < -0.39 is 0 Å². The van der Waals surface area contributed by atoms with Crippen LogP contribution >= 0.6 is 0 Å². The van der Waals surface area contributed by atoms with Crippen LogP contribution in [0.3, 0.4) is 0 Å². The van der Waals surface area contributed by atoms with E-state index in [0.29, 0.717) is 6.10 Å². The molecular formula is C16H27NO. The smallest absolute Gasteiger partial charge is 0.125 e. The first-order valence-corrected chi connectivity index (χ1v) is 7.00. The standard InChI is InChI=1S/C16H27NO/c1-6-15(7-2)18-16-11(3)8-14(9-12(16)4)10-13(5)17/h8-9,13,15H,6-7,10,17H2,1-5H3. The second-order valence-electron chi connectivity index (χ2n) is 5.30. The lowest BCUT2D eigenvalue weighted by molar-refractivity contribution is 0.190. The molecule has 0 amide bonds. The third-order valence-corrected chi connectivity index (χ3v) is 3.27. The van der Waals surface area contributed by atoms with Gasteiger partial charge >= 0.3 is 0 Å². The van der Waals surface area contributed by atoms with Crippen molar-refractivity contribution in [1.82, 2.24) is 0 Å². The normalized spacial score (nSPS) is 12.8. The molecule has 0 saturated heterocycles. The van der Waals surface area contributed by atoms with Crippen LogP contribution in [0, 0.1) is 13.8 Å². The van der Waals surface area contributed by atoms with E-state index in [1.165, 1.54) is 16.7 Å². The summed E-state index contributed by atoms with van der Waals surface area (Å²) in [5.74, 6) is 1.05. The molecule has 0 fully saturated rings. The number of nitrogens with two attached hydrogens (primary N) is 1. The van der Waals surface area contributed by atoms with E-state index in [2.05, 4.69) is 39.8 Å². The number of ether oxygens (including phenoxy) is 1. The molecule has 1 unspecified atom stereocenters. The molecule has 1 rings (SSSR count). The zero-order valence-electron chi connectivity index (χ0n) is 12.4. The second kappa shape index (κ2) is 6.79. The molecule has 0 aliphatic heterocycles. The van der Waals surface area contributed by atoms with Gasteiger partial charge in [0, 0.05) is 6.04 Å². The lowest BCUT2D eigenvalue weighted by Gasteiger charge is -2.20. The van der Waals surface area contributed by atoms with E-state index in [1.54, 1.807) is 0 Å². The fourth-order valence-electron chi connectivity index (χ4n) is 2.34. The SMILES string of the molecule is CCC(CC)Oc1c(C)cc(CC(C)N)cc1C. The van der Waals surface area contributed by atoms with Crippen molar-refractivity contribution in [2.75, 3.05) is 0 Å². The number of aryl methyl sites for hydroxylation is 2. The van der Waals surface area contributed by atoms with Gasteiger partial charge in [0.2, 0.25) is 0 Å². The van der Waals surface area contributed by atoms with Gasteiger partial charge in [-0.3, -0.25) is 0 Å². The first-order chi connectivity index (χ1) is 8.47. The van der Waals surface area contributed by atoms with Crippen molar-refractivity contribution in [2.45, 2.75) is 66.0 Å². The summed E-state index contributed by atoms with van der Waals surface area (Å²) in [5.41, 5.74) is 9.60. The van der Waals surface area contributed by atoms with E-state index in [-0.39, 0.29) is 6.04 Å². The second-order valence-corrected chi connectivity index (χ2v) is 5.30. The van der Waals surface area contributed by atoms with Crippen molar-refractivity contribution in [3.63, 3.8) is 0 Å². The van der Waals surface area contributed by atoms with Gasteiger partial charge in [0.05, 0.1) is 6.10 Å². The van der Waals surface area contributed by atoms with Gasteiger partial charge in [-0.15, -0.1) is 0 Å². The average molecular weight is 249 g/mol. The van der Waals surface area contributed by atoms with E-state index >= 15 is 0 Å². The quantitative estimate of drug-likeness (QED) is 0.833. The highest BCUT2D eigenvalue weighted by atomic mass is 16.5. The molecule has 0 aliphatic carbocycles. The van der Waals surface area contributed by atoms with Crippen LogP contribution in [0.4, 0.5) is 0 Å². The molecule has 0 aromatic heterocycles. The van der Waals surface area contributed by atoms with Crippen molar-refractivity contribution in [1.29, 1.82) is 0 Å². The highest BCUT2D eigenvalue weighted by Gasteiger charge is 2.11.